The normalized spacial score (nSPS) is 11.1. The summed E-state index contributed by atoms with van der Waals surface area (Å²) in [7, 11) is 0. The lowest BCUT2D eigenvalue weighted by atomic mass is 10.2. The summed E-state index contributed by atoms with van der Waals surface area (Å²) >= 11 is 5.85. The molecule has 1 N–H and O–H groups in total. The maximum Gasteiger partial charge on any atom is 0.328 e. The highest BCUT2D eigenvalue weighted by Gasteiger charge is 1.97. The molecule has 80 valence electrons. The number of halogens is 1. The number of fused-ring (bicyclic) bond motifs is 1. The Balaban J connectivity index is 2.46. The molecular weight excluding hydrogens is 226 g/mol. The first-order valence-corrected chi connectivity index (χ1v) is 5.00. The fourth-order valence-corrected chi connectivity index (χ4v) is 1.52. The fourth-order valence-electron chi connectivity index (χ4n) is 1.36. The van der Waals surface area contributed by atoms with Gasteiger partial charge in [0.1, 0.15) is 0 Å². The number of rotatable bonds is 2. The molecule has 0 aliphatic rings. The second-order valence-electron chi connectivity index (χ2n) is 3.24. The molecule has 1 aromatic carbocycles. The van der Waals surface area contributed by atoms with Crippen LogP contribution in [0.4, 0.5) is 0 Å². The zero-order chi connectivity index (χ0) is 11.5. The minimum Gasteiger partial charge on any atom is -0.478 e. The summed E-state index contributed by atoms with van der Waals surface area (Å²) in [5.74, 6) is -0.993. The highest BCUT2D eigenvalue weighted by atomic mass is 35.5. The second-order valence-corrected chi connectivity index (χ2v) is 3.68. The summed E-state index contributed by atoms with van der Waals surface area (Å²) < 4.78 is 0. The molecule has 0 bridgehead atoms. The van der Waals surface area contributed by atoms with Crippen molar-refractivity contribution in [3.63, 3.8) is 0 Å². The molecule has 4 heteroatoms. The van der Waals surface area contributed by atoms with Crippen LogP contribution in [0.2, 0.25) is 5.02 Å². The molecule has 0 radical (unpaired) electrons. The summed E-state index contributed by atoms with van der Waals surface area (Å²) in [5.41, 5.74) is 1.34. The zero-order valence-corrected chi connectivity index (χ0v) is 8.98. The lowest BCUT2D eigenvalue weighted by Crippen LogP contribution is -1.88. The summed E-state index contributed by atoms with van der Waals surface area (Å²) in [4.78, 5) is 14.6. The Bertz CT molecular complexity index is 578. The Morgan fingerprint density at radius 1 is 1.31 bits per heavy atom. The smallest absolute Gasteiger partial charge is 0.328 e. The SMILES string of the molecule is O=C(O)C=Cc1ccc2ccc(Cl)cc2n1. The Labute approximate surface area is 97.0 Å². The van der Waals surface area contributed by atoms with Gasteiger partial charge in [0, 0.05) is 16.5 Å². The van der Waals surface area contributed by atoms with Gasteiger partial charge in [0.15, 0.2) is 0 Å². The van der Waals surface area contributed by atoms with Crippen LogP contribution in [0.1, 0.15) is 5.69 Å². The van der Waals surface area contributed by atoms with E-state index in [9.17, 15) is 4.79 Å². The van der Waals surface area contributed by atoms with Crippen molar-refractivity contribution in [2.45, 2.75) is 0 Å². The predicted octanol–water partition coefficient (Wildman–Crippen LogP) is 2.99. The molecule has 2 rings (SSSR count). The molecule has 0 unspecified atom stereocenters. The van der Waals surface area contributed by atoms with Crippen LogP contribution in [0.5, 0.6) is 0 Å². The van der Waals surface area contributed by atoms with Crippen LogP contribution in [-0.2, 0) is 4.79 Å². The van der Waals surface area contributed by atoms with E-state index < -0.39 is 5.97 Å². The summed E-state index contributed by atoms with van der Waals surface area (Å²) in [6.45, 7) is 0. The number of benzene rings is 1. The van der Waals surface area contributed by atoms with Crippen molar-refractivity contribution < 1.29 is 9.90 Å². The number of carbonyl (C=O) groups is 1. The minimum absolute atomic E-state index is 0.595. The van der Waals surface area contributed by atoms with E-state index in [-0.39, 0.29) is 0 Å². The standard InChI is InChI=1S/C12H8ClNO2/c13-9-3-1-8-2-4-10(5-6-12(15)16)14-11(8)7-9/h1-7H,(H,15,16). The van der Waals surface area contributed by atoms with E-state index in [1.54, 1.807) is 18.2 Å². The topological polar surface area (TPSA) is 50.2 Å². The molecule has 0 saturated heterocycles. The van der Waals surface area contributed by atoms with E-state index in [1.807, 2.05) is 12.1 Å². The van der Waals surface area contributed by atoms with E-state index in [4.69, 9.17) is 16.7 Å². The van der Waals surface area contributed by atoms with Gasteiger partial charge >= 0.3 is 5.97 Å². The van der Waals surface area contributed by atoms with Gasteiger partial charge in [-0.1, -0.05) is 23.7 Å². The van der Waals surface area contributed by atoms with Gasteiger partial charge < -0.3 is 5.11 Å². The van der Waals surface area contributed by atoms with Crippen LogP contribution in [0, 0.1) is 0 Å². The van der Waals surface area contributed by atoms with Crippen LogP contribution in [-0.4, -0.2) is 16.1 Å². The van der Waals surface area contributed by atoms with Gasteiger partial charge in [0.05, 0.1) is 11.2 Å². The first kappa shape index (κ1) is 10.6. The molecule has 1 aromatic heterocycles. The molecule has 0 saturated carbocycles. The van der Waals surface area contributed by atoms with Crippen molar-refractivity contribution >= 4 is 34.5 Å². The number of hydrogen-bond acceptors (Lipinski definition) is 2. The van der Waals surface area contributed by atoms with Crippen LogP contribution < -0.4 is 0 Å². The third-order valence-corrected chi connectivity index (χ3v) is 2.31. The van der Waals surface area contributed by atoms with Crippen LogP contribution in [0.15, 0.2) is 36.4 Å². The summed E-state index contributed by atoms with van der Waals surface area (Å²) in [6.07, 6.45) is 2.50. The third-order valence-electron chi connectivity index (χ3n) is 2.07. The lowest BCUT2D eigenvalue weighted by molar-refractivity contribution is -0.131. The van der Waals surface area contributed by atoms with Gasteiger partial charge in [0.25, 0.3) is 0 Å². The number of carboxylic acid groups (broad SMARTS) is 1. The molecule has 0 aliphatic carbocycles. The van der Waals surface area contributed by atoms with E-state index in [1.165, 1.54) is 6.08 Å². The number of pyridine rings is 1. The Morgan fingerprint density at radius 3 is 2.81 bits per heavy atom. The van der Waals surface area contributed by atoms with Gasteiger partial charge in [0.2, 0.25) is 0 Å². The first-order chi connectivity index (χ1) is 7.65. The van der Waals surface area contributed by atoms with E-state index in [2.05, 4.69) is 4.98 Å². The van der Waals surface area contributed by atoms with Crippen LogP contribution >= 0.6 is 11.6 Å². The summed E-state index contributed by atoms with van der Waals surface area (Å²) in [6, 6.07) is 9.04. The molecule has 2 aromatic rings. The van der Waals surface area contributed by atoms with E-state index in [0.717, 1.165) is 17.0 Å². The molecule has 0 atom stereocenters. The molecule has 0 amide bonds. The minimum atomic E-state index is -0.993. The average Bonchev–Trinajstić information content (AvgIpc) is 2.25. The maximum absolute atomic E-state index is 10.4. The highest BCUT2D eigenvalue weighted by Crippen LogP contribution is 2.18. The van der Waals surface area contributed by atoms with Crippen molar-refractivity contribution in [3.8, 4) is 0 Å². The second kappa shape index (κ2) is 4.33. The molecular formula is C12H8ClNO2. The maximum atomic E-state index is 10.4. The predicted molar refractivity (Wildman–Crippen MR) is 63.4 cm³/mol. The average molecular weight is 234 g/mol. The molecule has 3 nitrogen and oxygen atoms in total. The van der Waals surface area contributed by atoms with Crippen molar-refractivity contribution in [3.05, 3.63) is 47.1 Å². The van der Waals surface area contributed by atoms with Gasteiger partial charge in [-0.3, -0.25) is 0 Å². The fraction of sp³-hybridized carbons (Fsp3) is 0. The van der Waals surface area contributed by atoms with Crippen LogP contribution in [0.3, 0.4) is 0 Å². The first-order valence-electron chi connectivity index (χ1n) is 4.62. The molecule has 0 aliphatic heterocycles. The number of nitrogens with zero attached hydrogens (tertiary/aromatic N) is 1. The number of aliphatic carboxylic acids is 1. The van der Waals surface area contributed by atoms with Crippen molar-refractivity contribution in [2.75, 3.05) is 0 Å². The van der Waals surface area contributed by atoms with Crippen molar-refractivity contribution in [1.82, 2.24) is 4.98 Å². The van der Waals surface area contributed by atoms with Crippen LogP contribution in [0.25, 0.3) is 17.0 Å². The van der Waals surface area contributed by atoms with Crippen molar-refractivity contribution in [2.24, 2.45) is 0 Å². The van der Waals surface area contributed by atoms with Gasteiger partial charge in [-0.05, 0) is 24.3 Å². The molecule has 16 heavy (non-hydrogen) atoms. The third kappa shape index (κ3) is 2.38. The Hall–Kier alpha value is -1.87. The largest absolute Gasteiger partial charge is 0.478 e. The molecule has 0 fully saturated rings. The highest BCUT2D eigenvalue weighted by molar-refractivity contribution is 6.31. The monoisotopic (exact) mass is 233 g/mol. The number of carboxylic acids is 1. The zero-order valence-electron chi connectivity index (χ0n) is 8.22. The molecule has 1 heterocycles. The number of aromatic nitrogens is 1. The van der Waals surface area contributed by atoms with Gasteiger partial charge in [-0.2, -0.15) is 0 Å². The van der Waals surface area contributed by atoms with Gasteiger partial charge in [-0.15, -0.1) is 0 Å². The lowest BCUT2D eigenvalue weighted by Gasteiger charge is -1.99. The summed E-state index contributed by atoms with van der Waals surface area (Å²) in [5, 5.41) is 10.1. The molecule has 0 spiro atoms. The Morgan fingerprint density at radius 2 is 2.06 bits per heavy atom. The Kier molecular flexibility index (Phi) is 2.88. The number of hydrogen-bond donors (Lipinski definition) is 1. The van der Waals surface area contributed by atoms with E-state index in [0.29, 0.717) is 10.7 Å². The quantitative estimate of drug-likeness (QED) is 0.812. The van der Waals surface area contributed by atoms with E-state index >= 15 is 0 Å². The van der Waals surface area contributed by atoms with Crippen molar-refractivity contribution in [1.29, 1.82) is 0 Å². The van der Waals surface area contributed by atoms with Gasteiger partial charge in [-0.25, -0.2) is 9.78 Å².